The number of likely N-dealkylation sites (tertiary alicyclic amines) is 1. The number of sulfonamides is 1. The summed E-state index contributed by atoms with van der Waals surface area (Å²) < 4.78 is 24.7. The van der Waals surface area contributed by atoms with Crippen molar-refractivity contribution in [2.24, 2.45) is 5.92 Å². The van der Waals surface area contributed by atoms with Gasteiger partial charge in [-0.3, -0.25) is 9.10 Å². The highest BCUT2D eigenvalue weighted by molar-refractivity contribution is 7.92. The summed E-state index contributed by atoms with van der Waals surface area (Å²) in [5, 5.41) is 0. The van der Waals surface area contributed by atoms with Crippen molar-refractivity contribution < 1.29 is 13.2 Å². The maximum atomic E-state index is 12.4. The number of carbonyl (C=O) groups is 1. The number of amides is 1. The van der Waals surface area contributed by atoms with Gasteiger partial charge >= 0.3 is 0 Å². The molecule has 0 unspecified atom stereocenters. The van der Waals surface area contributed by atoms with Crippen molar-refractivity contribution in [1.82, 2.24) is 4.90 Å². The second kappa shape index (κ2) is 6.69. The minimum absolute atomic E-state index is 0.0286. The van der Waals surface area contributed by atoms with Crippen LogP contribution in [0.15, 0.2) is 24.3 Å². The molecule has 0 atom stereocenters. The van der Waals surface area contributed by atoms with Crippen molar-refractivity contribution in [3.63, 3.8) is 0 Å². The fraction of sp³-hybridized carbons (Fsp3) is 0.562. The van der Waals surface area contributed by atoms with Crippen molar-refractivity contribution in [1.29, 1.82) is 0 Å². The van der Waals surface area contributed by atoms with Crippen LogP contribution in [0.3, 0.4) is 0 Å². The Hall–Kier alpha value is -1.56. The van der Waals surface area contributed by atoms with Crippen LogP contribution in [0.5, 0.6) is 0 Å². The van der Waals surface area contributed by atoms with Crippen molar-refractivity contribution in [2.75, 3.05) is 30.2 Å². The van der Waals surface area contributed by atoms with E-state index >= 15 is 0 Å². The third-order valence-corrected chi connectivity index (χ3v) is 5.43. The lowest BCUT2D eigenvalue weighted by Crippen LogP contribution is -2.37. The quantitative estimate of drug-likeness (QED) is 0.854. The zero-order chi connectivity index (χ0) is 16.3. The molecule has 1 saturated heterocycles. The lowest BCUT2D eigenvalue weighted by atomic mass is 9.98. The number of benzene rings is 1. The molecule has 1 aliphatic rings. The Morgan fingerprint density at radius 3 is 2.23 bits per heavy atom. The SMILES string of the molecule is CCN(c1ccc(C(=O)N2CCC(C)CC2)cc1)S(C)(=O)=O. The highest BCUT2D eigenvalue weighted by Crippen LogP contribution is 2.21. The maximum absolute atomic E-state index is 12.4. The van der Waals surface area contributed by atoms with Gasteiger partial charge in [-0.1, -0.05) is 6.92 Å². The molecule has 1 aliphatic heterocycles. The zero-order valence-electron chi connectivity index (χ0n) is 13.4. The predicted octanol–water partition coefficient (Wildman–Crippen LogP) is 2.34. The van der Waals surface area contributed by atoms with Gasteiger partial charge < -0.3 is 4.90 Å². The fourth-order valence-electron chi connectivity index (χ4n) is 2.77. The smallest absolute Gasteiger partial charge is 0.253 e. The van der Waals surface area contributed by atoms with E-state index in [1.165, 1.54) is 10.6 Å². The molecule has 1 amide bonds. The first-order valence-electron chi connectivity index (χ1n) is 7.70. The normalized spacial score (nSPS) is 16.6. The van der Waals surface area contributed by atoms with E-state index in [9.17, 15) is 13.2 Å². The predicted molar refractivity (Wildman–Crippen MR) is 88.6 cm³/mol. The van der Waals surface area contributed by atoms with Gasteiger partial charge in [-0.2, -0.15) is 0 Å². The summed E-state index contributed by atoms with van der Waals surface area (Å²) in [6, 6.07) is 6.82. The Labute approximate surface area is 133 Å². The molecule has 1 aromatic rings. The van der Waals surface area contributed by atoms with E-state index in [-0.39, 0.29) is 5.91 Å². The molecule has 0 radical (unpaired) electrons. The molecule has 122 valence electrons. The summed E-state index contributed by atoms with van der Waals surface area (Å²) in [4.78, 5) is 14.3. The van der Waals surface area contributed by atoms with Crippen LogP contribution in [0, 0.1) is 5.92 Å². The summed E-state index contributed by atoms with van der Waals surface area (Å²) >= 11 is 0. The van der Waals surface area contributed by atoms with Crippen LogP contribution in [0.2, 0.25) is 0 Å². The third kappa shape index (κ3) is 3.80. The number of carbonyl (C=O) groups excluding carboxylic acids is 1. The number of piperidine rings is 1. The minimum Gasteiger partial charge on any atom is -0.339 e. The number of rotatable bonds is 4. The average molecular weight is 324 g/mol. The van der Waals surface area contributed by atoms with Gasteiger partial charge in [0.15, 0.2) is 0 Å². The fourth-order valence-corrected chi connectivity index (χ4v) is 3.75. The molecule has 1 heterocycles. The van der Waals surface area contributed by atoms with Crippen molar-refractivity contribution >= 4 is 21.6 Å². The Morgan fingerprint density at radius 1 is 1.23 bits per heavy atom. The van der Waals surface area contributed by atoms with Crippen LogP contribution in [-0.2, 0) is 10.0 Å². The molecule has 0 aromatic heterocycles. The molecule has 0 aliphatic carbocycles. The van der Waals surface area contributed by atoms with Gasteiger partial charge in [0.25, 0.3) is 5.91 Å². The van der Waals surface area contributed by atoms with Gasteiger partial charge in [0, 0.05) is 25.2 Å². The summed E-state index contributed by atoms with van der Waals surface area (Å²) in [6.45, 7) is 5.96. The lowest BCUT2D eigenvalue weighted by Gasteiger charge is -2.30. The van der Waals surface area contributed by atoms with Crippen LogP contribution < -0.4 is 4.31 Å². The second-order valence-electron chi connectivity index (χ2n) is 5.95. The molecule has 6 heteroatoms. The molecule has 0 bridgehead atoms. The molecule has 1 aromatic carbocycles. The molecular formula is C16H24N2O3S. The highest BCUT2D eigenvalue weighted by Gasteiger charge is 2.22. The molecule has 2 rings (SSSR count). The molecular weight excluding hydrogens is 300 g/mol. The first-order chi connectivity index (χ1) is 10.3. The average Bonchev–Trinajstić information content (AvgIpc) is 2.47. The van der Waals surface area contributed by atoms with E-state index < -0.39 is 10.0 Å². The summed E-state index contributed by atoms with van der Waals surface area (Å²) in [7, 11) is -3.29. The number of hydrogen-bond donors (Lipinski definition) is 0. The zero-order valence-corrected chi connectivity index (χ0v) is 14.3. The van der Waals surface area contributed by atoms with Crippen LogP contribution in [0.1, 0.15) is 37.0 Å². The van der Waals surface area contributed by atoms with Gasteiger partial charge in [0.05, 0.1) is 11.9 Å². The van der Waals surface area contributed by atoms with E-state index in [1.54, 1.807) is 31.2 Å². The molecule has 22 heavy (non-hydrogen) atoms. The second-order valence-corrected chi connectivity index (χ2v) is 7.86. The first kappa shape index (κ1) is 16.8. The maximum Gasteiger partial charge on any atom is 0.253 e. The molecule has 0 N–H and O–H groups in total. The van der Waals surface area contributed by atoms with E-state index in [0.29, 0.717) is 23.7 Å². The third-order valence-electron chi connectivity index (χ3n) is 4.16. The Kier molecular flexibility index (Phi) is 5.11. The van der Waals surface area contributed by atoms with Gasteiger partial charge in [0.1, 0.15) is 0 Å². The Morgan fingerprint density at radius 2 is 1.77 bits per heavy atom. The lowest BCUT2D eigenvalue weighted by molar-refractivity contribution is 0.0697. The monoisotopic (exact) mass is 324 g/mol. The molecule has 1 fully saturated rings. The van der Waals surface area contributed by atoms with E-state index in [0.717, 1.165) is 25.9 Å². The van der Waals surface area contributed by atoms with Gasteiger partial charge in [-0.15, -0.1) is 0 Å². The first-order valence-corrected chi connectivity index (χ1v) is 9.54. The van der Waals surface area contributed by atoms with Crippen molar-refractivity contribution in [3.05, 3.63) is 29.8 Å². The van der Waals surface area contributed by atoms with E-state index in [2.05, 4.69) is 6.92 Å². The van der Waals surface area contributed by atoms with Crippen LogP contribution >= 0.6 is 0 Å². The van der Waals surface area contributed by atoms with Crippen LogP contribution in [-0.4, -0.2) is 45.1 Å². The molecule has 0 spiro atoms. The minimum atomic E-state index is -3.29. The standard InChI is InChI=1S/C16H24N2O3S/c1-4-18(22(3,20)21)15-7-5-14(6-8-15)16(19)17-11-9-13(2)10-12-17/h5-8,13H,4,9-12H2,1-3H3. The summed E-state index contributed by atoms with van der Waals surface area (Å²) in [5.41, 5.74) is 1.21. The van der Waals surface area contributed by atoms with Gasteiger partial charge in [0.2, 0.25) is 10.0 Å². The van der Waals surface area contributed by atoms with E-state index in [1.807, 2.05) is 4.90 Å². The Bertz CT molecular complexity index is 617. The number of anilines is 1. The van der Waals surface area contributed by atoms with Crippen molar-refractivity contribution in [2.45, 2.75) is 26.7 Å². The molecule has 5 nitrogen and oxygen atoms in total. The highest BCUT2D eigenvalue weighted by atomic mass is 32.2. The summed E-state index contributed by atoms with van der Waals surface area (Å²) in [6.07, 6.45) is 3.27. The van der Waals surface area contributed by atoms with Gasteiger partial charge in [-0.05, 0) is 49.9 Å². The molecule has 0 saturated carbocycles. The number of nitrogens with zero attached hydrogens (tertiary/aromatic N) is 2. The number of hydrogen-bond acceptors (Lipinski definition) is 3. The van der Waals surface area contributed by atoms with Gasteiger partial charge in [-0.25, -0.2) is 8.42 Å². The van der Waals surface area contributed by atoms with Crippen LogP contribution in [0.4, 0.5) is 5.69 Å². The summed E-state index contributed by atoms with van der Waals surface area (Å²) in [5.74, 6) is 0.708. The van der Waals surface area contributed by atoms with Crippen LogP contribution in [0.25, 0.3) is 0 Å². The Balaban J connectivity index is 2.13. The van der Waals surface area contributed by atoms with E-state index in [4.69, 9.17) is 0 Å². The topological polar surface area (TPSA) is 57.7 Å². The largest absolute Gasteiger partial charge is 0.339 e. The van der Waals surface area contributed by atoms with Crippen molar-refractivity contribution in [3.8, 4) is 0 Å².